The molecule has 3 rings (SSSR count). The maximum atomic E-state index is 12.7. The smallest absolute Gasteiger partial charge is 0.276 e. The molecule has 1 heterocycles. The van der Waals surface area contributed by atoms with Crippen molar-refractivity contribution in [1.82, 2.24) is 10.2 Å². The number of nitrogens with one attached hydrogen (secondary N) is 1. The van der Waals surface area contributed by atoms with E-state index in [-0.39, 0.29) is 11.9 Å². The van der Waals surface area contributed by atoms with E-state index in [4.69, 9.17) is 17.0 Å². The highest BCUT2D eigenvalue weighted by Crippen LogP contribution is 2.27. The fourth-order valence-electron chi connectivity index (χ4n) is 3.20. The number of carbonyl (C=O) groups excluding carboxylic acids is 1. The van der Waals surface area contributed by atoms with Crippen molar-refractivity contribution in [2.75, 3.05) is 6.61 Å². The van der Waals surface area contributed by atoms with Crippen molar-refractivity contribution in [3.63, 3.8) is 0 Å². The first kappa shape index (κ1) is 16.7. The molecule has 5 heteroatoms. The zero-order valence-corrected chi connectivity index (χ0v) is 14.5. The van der Waals surface area contributed by atoms with Crippen molar-refractivity contribution >= 4 is 29.3 Å². The van der Waals surface area contributed by atoms with Gasteiger partial charge in [0, 0.05) is 6.04 Å². The third-order valence-electron chi connectivity index (χ3n) is 4.41. The molecule has 1 aromatic rings. The van der Waals surface area contributed by atoms with E-state index in [0.717, 1.165) is 24.2 Å². The van der Waals surface area contributed by atoms with Crippen LogP contribution in [0.2, 0.25) is 0 Å². The molecule has 0 spiro atoms. The fourth-order valence-corrected chi connectivity index (χ4v) is 3.54. The fraction of sp³-hybridized carbons (Fsp3) is 0.368. The predicted octanol–water partition coefficient (Wildman–Crippen LogP) is 3.64. The van der Waals surface area contributed by atoms with Gasteiger partial charge in [-0.05, 0) is 48.8 Å². The molecule has 0 bridgehead atoms. The number of thiocarbonyl (C=S) groups is 1. The Balaban J connectivity index is 1.72. The van der Waals surface area contributed by atoms with Crippen molar-refractivity contribution in [2.45, 2.75) is 38.1 Å². The first-order valence-electron chi connectivity index (χ1n) is 8.39. The molecule has 0 aromatic heterocycles. The topological polar surface area (TPSA) is 41.6 Å². The van der Waals surface area contributed by atoms with E-state index in [1.807, 2.05) is 30.3 Å². The summed E-state index contributed by atoms with van der Waals surface area (Å²) in [6, 6.07) is 7.85. The minimum Gasteiger partial charge on any atom is -0.490 e. The van der Waals surface area contributed by atoms with Crippen LogP contribution >= 0.6 is 12.2 Å². The summed E-state index contributed by atoms with van der Waals surface area (Å²) in [7, 11) is 0. The molecule has 126 valence electrons. The van der Waals surface area contributed by atoms with Crippen LogP contribution in [-0.2, 0) is 4.79 Å². The molecule has 1 aliphatic heterocycles. The lowest BCUT2D eigenvalue weighted by Gasteiger charge is -2.29. The molecule has 0 radical (unpaired) electrons. The number of rotatable bonds is 5. The highest BCUT2D eigenvalue weighted by atomic mass is 32.1. The van der Waals surface area contributed by atoms with Gasteiger partial charge in [0.25, 0.3) is 5.91 Å². The minimum atomic E-state index is -0.0149. The monoisotopic (exact) mass is 342 g/mol. The van der Waals surface area contributed by atoms with E-state index in [1.54, 1.807) is 11.0 Å². The van der Waals surface area contributed by atoms with Gasteiger partial charge in [-0.3, -0.25) is 9.69 Å². The Morgan fingerprint density at radius 1 is 1.25 bits per heavy atom. The Hall–Kier alpha value is -2.14. The number of hydrogen-bond donors (Lipinski definition) is 1. The number of carbonyl (C=O) groups is 1. The third kappa shape index (κ3) is 3.67. The van der Waals surface area contributed by atoms with E-state index >= 15 is 0 Å². The van der Waals surface area contributed by atoms with Gasteiger partial charge in [0.05, 0.1) is 0 Å². The van der Waals surface area contributed by atoms with E-state index < -0.39 is 0 Å². The average molecular weight is 342 g/mol. The van der Waals surface area contributed by atoms with Gasteiger partial charge in [-0.2, -0.15) is 0 Å². The second-order valence-electron chi connectivity index (χ2n) is 6.12. The largest absolute Gasteiger partial charge is 0.490 e. The summed E-state index contributed by atoms with van der Waals surface area (Å²) in [5, 5.41) is 3.60. The van der Waals surface area contributed by atoms with Crippen LogP contribution in [0.4, 0.5) is 0 Å². The first-order valence-corrected chi connectivity index (χ1v) is 8.80. The molecular formula is C19H22N2O2S. The molecular weight excluding hydrogens is 320 g/mol. The van der Waals surface area contributed by atoms with Crippen LogP contribution in [0.5, 0.6) is 5.75 Å². The Bertz CT molecular complexity index is 660. The summed E-state index contributed by atoms with van der Waals surface area (Å²) in [5.41, 5.74) is 1.48. The van der Waals surface area contributed by atoms with Crippen molar-refractivity contribution in [2.24, 2.45) is 0 Å². The van der Waals surface area contributed by atoms with E-state index in [2.05, 4.69) is 11.9 Å². The van der Waals surface area contributed by atoms with Crippen LogP contribution in [0.15, 0.2) is 42.6 Å². The van der Waals surface area contributed by atoms with Crippen molar-refractivity contribution in [3.8, 4) is 5.75 Å². The van der Waals surface area contributed by atoms with Gasteiger partial charge in [-0.25, -0.2) is 0 Å². The number of hydrogen-bond acceptors (Lipinski definition) is 3. The van der Waals surface area contributed by atoms with Gasteiger partial charge in [0.2, 0.25) is 0 Å². The normalized spacial score (nSPS) is 20.3. The second kappa shape index (κ2) is 7.62. The van der Waals surface area contributed by atoms with Crippen LogP contribution < -0.4 is 10.1 Å². The molecule has 1 amide bonds. The highest BCUT2D eigenvalue weighted by Gasteiger charge is 2.36. The van der Waals surface area contributed by atoms with Gasteiger partial charge in [-0.1, -0.05) is 44.1 Å². The van der Waals surface area contributed by atoms with Crippen molar-refractivity contribution in [1.29, 1.82) is 0 Å². The summed E-state index contributed by atoms with van der Waals surface area (Å²) < 4.78 is 5.46. The number of nitrogens with zero attached hydrogens (tertiary/aromatic N) is 1. The van der Waals surface area contributed by atoms with E-state index in [1.165, 1.54) is 19.3 Å². The van der Waals surface area contributed by atoms with Crippen LogP contribution in [0, 0.1) is 0 Å². The molecule has 24 heavy (non-hydrogen) atoms. The molecule has 1 aromatic carbocycles. The average Bonchev–Trinajstić information content (AvgIpc) is 2.88. The Morgan fingerprint density at radius 2 is 1.96 bits per heavy atom. The zero-order chi connectivity index (χ0) is 16.9. The molecule has 1 saturated heterocycles. The first-order chi connectivity index (χ1) is 11.7. The number of ether oxygens (including phenoxy) is 1. The van der Waals surface area contributed by atoms with Crippen LogP contribution in [0.25, 0.3) is 6.08 Å². The number of amides is 1. The van der Waals surface area contributed by atoms with E-state index in [9.17, 15) is 4.79 Å². The van der Waals surface area contributed by atoms with Gasteiger partial charge in [0.15, 0.2) is 5.11 Å². The second-order valence-corrected chi connectivity index (χ2v) is 6.51. The van der Waals surface area contributed by atoms with Gasteiger partial charge >= 0.3 is 0 Å². The van der Waals surface area contributed by atoms with Crippen LogP contribution in [0.3, 0.4) is 0 Å². The summed E-state index contributed by atoms with van der Waals surface area (Å²) >= 11 is 5.38. The standard InChI is InChI=1S/C19H22N2O2S/c1-2-12-23-16-10-8-14(9-11-16)13-17-18(22)21(19(24)20-17)15-6-4-3-5-7-15/h2,8-11,13,15H,1,3-7,12H2,(H,20,24)/b17-13-. The molecule has 0 atom stereocenters. The SMILES string of the molecule is C=CCOc1ccc(/C=C2\NC(=S)N(C3CCCCC3)C2=O)cc1. The maximum Gasteiger partial charge on any atom is 0.276 e. The molecule has 2 aliphatic rings. The lowest BCUT2D eigenvalue weighted by Crippen LogP contribution is -2.41. The molecule has 1 aliphatic carbocycles. The Kier molecular flexibility index (Phi) is 5.30. The van der Waals surface area contributed by atoms with Crippen molar-refractivity contribution < 1.29 is 9.53 Å². The van der Waals surface area contributed by atoms with E-state index in [0.29, 0.717) is 17.4 Å². The molecule has 4 nitrogen and oxygen atoms in total. The van der Waals surface area contributed by atoms with Gasteiger partial charge < -0.3 is 10.1 Å². The van der Waals surface area contributed by atoms with Gasteiger partial charge in [0.1, 0.15) is 18.1 Å². The lowest BCUT2D eigenvalue weighted by molar-refractivity contribution is -0.124. The molecule has 1 saturated carbocycles. The summed E-state index contributed by atoms with van der Waals surface area (Å²) in [6.07, 6.45) is 9.21. The zero-order valence-electron chi connectivity index (χ0n) is 13.7. The Morgan fingerprint density at radius 3 is 2.62 bits per heavy atom. The minimum absolute atomic E-state index is 0.0149. The summed E-state index contributed by atoms with van der Waals surface area (Å²) in [5.74, 6) is 0.765. The third-order valence-corrected chi connectivity index (χ3v) is 4.71. The summed E-state index contributed by atoms with van der Waals surface area (Å²) in [4.78, 5) is 14.5. The summed E-state index contributed by atoms with van der Waals surface area (Å²) in [6.45, 7) is 4.10. The quantitative estimate of drug-likeness (QED) is 0.504. The molecule has 0 unspecified atom stereocenters. The number of benzene rings is 1. The predicted molar refractivity (Wildman–Crippen MR) is 99.6 cm³/mol. The highest BCUT2D eigenvalue weighted by molar-refractivity contribution is 7.80. The lowest BCUT2D eigenvalue weighted by atomic mass is 9.94. The van der Waals surface area contributed by atoms with Crippen LogP contribution in [-0.4, -0.2) is 28.6 Å². The molecule has 2 fully saturated rings. The maximum absolute atomic E-state index is 12.7. The van der Waals surface area contributed by atoms with Crippen molar-refractivity contribution in [3.05, 3.63) is 48.2 Å². The van der Waals surface area contributed by atoms with Crippen LogP contribution in [0.1, 0.15) is 37.7 Å². The molecule has 1 N–H and O–H groups in total. The Labute approximate surface area is 148 Å². The van der Waals surface area contributed by atoms with Gasteiger partial charge in [-0.15, -0.1) is 0 Å².